The second kappa shape index (κ2) is 7.61. The lowest BCUT2D eigenvalue weighted by Crippen LogP contribution is -2.22. The summed E-state index contributed by atoms with van der Waals surface area (Å²) in [5, 5.41) is 11.6. The molecule has 0 aromatic heterocycles. The van der Waals surface area contributed by atoms with Crippen LogP contribution in [-0.2, 0) is 4.79 Å². The Balaban J connectivity index is 2.12. The number of anilines is 1. The van der Waals surface area contributed by atoms with Gasteiger partial charge in [0.05, 0.1) is 16.8 Å². The Morgan fingerprint density at radius 3 is 2.32 bits per heavy atom. The zero-order valence-corrected chi connectivity index (χ0v) is 14.3. The topological polar surface area (TPSA) is 92.7 Å². The maximum Gasteiger partial charge on any atom is 0.337 e. The van der Waals surface area contributed by atoms with Gasteiger partial charge in [-0.15, -0.1) is 0 Å². The summed E-state index contributed by atoms with van der Waals surface area (Å²) < 4.78 is 5.49. The van der Waals surface area contributed by atoms with Crippen molar-refractivity contribution in [2.24, 2.45) is 0 Å². The van der Waals surface area contributed by atoms with Gasteiger partial charge < -0.3 is 15.2 Å². The quantitative estimate of drug-likeness (QED) is 0.787. The van der Waals surface area contributed by atoms with E-state index in [2.05, 4.69) is 5.32 Å². The van der Waals surface area contributed by atoms with Crippen molar-refractivity contribution in [1.29, 1.82) is 0 Å². The van der Waals surface area contributed by atoms with E-state index in [1.54, 1.807) is 24.3 Å². The van der Waals surface area contributed by atoms with Crippen molar-refractivity contribution < 1.29 is 24.2 Å². The fourth-order valence-electron chi connectivity index (χ4n) is 2.29. The predicted octanol–water partition coefficient (Wildman–Crippen LogP) is 3.22. The molecule has 0 saturated carbocycles. The van der Waals surface area contributed by atoms with E-state index in [-0.39, 0.29) is 23.6 Å². The number of aryl methyl sites for hydroxylation is 2. The van der Waals surface area contributed by atoms with Crippen molar-refractivity contribution in [3.05, 3.63) is 58.7 Å². The molecule has 2 aromatic rings. The highest BCUT2D eigenvalue weighted by Gasteiger charge is 2.15. The largest absolute Gasteiger partial charge is 0.483 e. The summed E-state index contributed by atoms with van der Waals surface area (Å²) in [5.41, 5.74) is 2.48. The number of hydrogen-bond acceptors (Lipinski definition) is 4. The lowest BCUT2D eigenvalue weighted by molar-refractivity contribution is -0.118. The average Bonchev–Trinajstić information content (AvgIpc) is 2.55. The van der Waals surface area contributed by atoms with E-state index >= 15 is 0 Å². The highest BCUT2D eigenvalue weighted by molar-refractivity contribution is 6.01. The maximum atomic E-state index is 12.1. The maximum absolute atomic E-state index is 12.1. The van der Waals surface area contributed by atoms with E-state index in [0.717, 1.165) is 11.1 Å². The number of hydrogen-bond donors (Lipinski definition) is 2. The molecule has 2 N–H and O–H groups in total. The molecule has 0 aliphatic rings. The summed E-state index contributed by atoms with van der Waals surface area (Å²) >= 11 is 0. The van der Waals surface area contributed by atoms with Gasteiger partial charge in [-0.25, -0.2) is 4.79 Å². The Hall–Kier alpha value is -3.15. The van der Waals surface area contributed by atoms with Crippen LogP contribution in [0.2, 0.25) is 0 Å². The summed E-state index contributed by atoms with van der Waals surface area (Å²) in [4.78, 5) is 35.0. The molecule has 0 spiro atoms. The Morgan fingerprint density at radius 1 is 1.04 bits per heavy atom. The molecular weight excluding hydrogens is 322 g/mol. The summed E-state index contributed by atoms with van der Waals surface area (Å²) in [6, 6.07) is 9.54. The summed E-state index contributed by atoms with van der Waals surface area (Å²) in [6.07, 6.45) is 0. The zero-order valence-electron chi connectivity index (χ0n) is 14.3. The standard InChI is InChI=1S/C19H19NO5/c1-11-8-15(13(3)21)17(9-12(11)2)25-10-18(22)20-16-7-5-4-6-14(16)19(23)24/h4-9H,10H2,1-3H3,(H,20,22)(H,23,24). The Labute approximate surface area is 145 Å². The van der Waals surface area contributed by atoms with E-state index in [9.17, 15) is 14.4 Å². The Kier molecular flexibility index (Phi) is 5.54. The van der Waals surface area contributed by atoms with Crippen LogP contribution >= 0.6 is 0 Å². The molecule has 0 heterocycles. The van der Waals surface area contributed by atoms with Gasteiger partial charge >= 0.3 is 5.97 Å². The van der Waals surface area contributed by atoms with Gasteiger partial charge in [0.25, 0.3) is 5.91 Å². The first-order valence-electron chi connectivity index (χ1n) is 7.66. The van der Waals surface area contributed by atoms with Crippen LogP contribution in [0, 0.1) is 13.8 Å². The first-order chi connectivity index (χ1) is 11.8. The van der Waals surface area contributed by atoms with E-state index in [4.69, 9.17) is 9.84 Å². The number of amides is 1. The molecule has 6 heteroatoms. The van der Waals surface area contributed by atoms with Crippen molar-refractivity contribution >= 4 is 23.3 Å². The number of carboxylic acids is 1. The third kappa shape index (κ3) is 4.44. The zero-order chi connectivity index (χ0) is 18.6. The second-order valence-electron chi connectivity index (χ2n) is 5.68. The fraction of sp³-hybridized carbons (Fsp3) is 0.211. The molecule has 0 bridgehead atoms. The number of ether oxygens (including phenoxy) is 1. The van der Waals surface area contributed by atoms with Gasteiger partial charge in [-0.3, -0.25) is 9.59 Å². The lowest BCUT2D eigenvalue weighted by Gasteiger charge is -2.13. The number of carbonyl (C=O) groups is 3. The van der Waals surface area contributed by atoms with Gasteiger partial charge in [0.2, 0.25) is 0 Å². The number of benzene rings is 2. The molecule has 130 valence electrons. The third-order valence-corrected chi connectivity index (χ3v) is 3.77. The number of ketones is 1. The number of aromatic carboxylic acids is 1. The average molecular weight is 341 g/mol. The van der Waals surface area contributed by atoms with Crippen LogP contribution in [0.5, 0.6) is 5.75 Å². The van der Waals surface area contributed by atoms with Gasteiger partial charge in [0.15, 0.2) is 12.4 Å². The Bertz CT molecular complexity index is 842. The summed E-state index contributed by atoms with van der Waals surface area (Å²) in [5.74, 6) is -1.47. The van der Waals surface area contributed by atoms with Crippen molar-refractivity contribution in [2.45, 2.75) is 20.8 Å². The minimum absolute atomic E-state index is 0.00791. The van der Waals surface area contributed by atoms with Crippen LogP contribution in [-0.4, -0.2) is 29.4 Å². The monoisotopic (exact) mass is 341 g/mol. The molecule has 0 unspecified atom stereocenters. The first kappa shape index (κ1) is 18.2. The first-order valence-corrected chi connectivity index (χ1v) is 7.66. The minimum Gasteiger partial charge on any atom is -0.483 e. The van der Waals surface area contributed by atoms with E-state index in [0.29, 0.717) is 11.3 Å². The molecule has 2 aromatic carbocycles. The molecular formula is C19H19NO5. The molecule has 0 aliphatic carbocycles. The highest BCUT2D eigenvalue weighted by atomic mass is 16.5. The summed E-state index contributed by atoms with van der Waals surface area (Å²) in [7, 11) is 0. The molecule has 0 fully saturated rings. The minimum atomic E-state index is -1.13. The van der Waals surface area contributed by atoms with Gasteiger partial charge in [0.1, 0.15) is 5.75 Å². The van der Waals surface area contributed by atoms with Crippen molar-refractivity contribution in [1.82, 2.24) is 0 Å². The van der Waals surface area contributed by atoms with Gasteiger partial charge in [-0.2, -0.15) is 0 Å². The summed E-state index contributed by atoms with van der Waals surface area (Å²) in [6.45, 7) is 4.87. The van der Waals surface area contributed by atoms with Crippen LogP contribution in [0.1, 0.15) is 38.8 Å². The SMILES string of the molecule is CC(=O)c1cc(C)c(C)cc1OCC(=O)Nc1ccccc1C(=O)O. The van der Waals surface area contributed by atoms with Crippen LogP contribution in [0.3, 0.4) is 0 Å². The highest BCUT2D eigenvalue weighted by Crippen LogP contribution is 2.24. The molecule has 0 aliphatic heterocycles. The van der Waals surface area contributed by atoms with Crippen LogP contribution in [0.4, 0.5) is 5.69 Å². The number of nitrogens with one attached hydrogen (secondary N) is 1. The lowest BCUT2D eigenvalue weighted by atomic mass is 10.0. The van der Waals surface area contributed by atoms with Crippen molar-refractivity contribution in [3.8, 4) is 5.75 Å². The second-order valence-corrected chi connectivity index (χ2v) is 5.68. The molecule has 0 atom stereocenters. The number of carbonyl (C=O) groups excluding carboxylic acids is 2. The smallest absolute Gasteiger partial charge is 0.337 e. The van der Waals surface area contributed by atoms with E-state index in [1.165, 1.54) is 19.1 Å². The molecule has 2 rings (SSSR count). The molecule has 0 radical (unpaired) electrons. The van der Waals surface area contributed by atoms with Gasteiger partial charge in [-0.1, -0.05) is 12.1 Å². The molecule has 25 heavy (non-hydrogen) atoms. The normalized spacial score (nSPS) is 10.2. The van der Waals surface area contributed by atoms with Gasteiger partial charge in [-0.05, 0) is 56.2 Å². The van der Waals surface area contributed by atoms with Crippen LogP contribution in [0.25, 0.3) is 0 Å². The van der Waals surface area contributed by atoms with E-state index < -0.39 is 11.9 Å². The fourth-order valence-corrected chi connectivity index (χ4v) is 2.29. The van der Waals surface area contributed by atoms with Crippen molar-refractivity contribution in [3.63, 3.8) is 0 Å². The number of carboxylic acid groups (broad SMARTS) is 1. The van der Waals surface area contributed by atoms with E-state index in [1.807, 2.05) is 13.8 Å². The number of rotatable bonds is 6. The molecule has 0 saturated heterocycles. The van der Waals surface area contributed by atoms with Crippen LogP contribution in [0.15, 0.2) is 36.4 Å². The number of para-hydroxylation sites is 1. The van der Waals surface area contributed by atoms with Crippen molar-refractivity contribution in [2.75, 3.05) is 11.9 Å². The molecule has 1 amide bonds. The number of Topliss-reactive ketones (excluding diaryl/α,β-unsaturated/α-hetero) is 1. The Morgan fingerprint density at radius 2 is 1.68 bits per heavy atom. The molecule has 6 nitrogen and oxygen atoms in total. The van der Waals surface area contributed by atoms with Gasteiger partial charge in [0, 0.05) is 0 Å². The predicted molar refractivity (Wildman–Crippen MR) is 93.4 cm³/mol. The van der Waals surface area contributed by atoms with Crippen LogP contribution < -0.4 is 10.1 Å². The third-order valence-electron chi connectivity index (χ3n) is 3.77.